The van der Waals surface area contributed by atoms with Crippen molar-refractivity contribution >= 4 is 40.9 Å². The summed E-state index contributed by atoms with van der Waals surface area (Å²) in [4.78, 5) is 54.4. The highest BCUT2D eigenvalue weighted by Crippen LogP contribution is 2.42. The summed E-state index contributed by atoms with van der Waals surface area (Å²) in [5, 5.41) is 0.889. The minimum atomic E-state index is -1.09. The van der Waals surface area contributed by atoms with Crippen LogP contribution in [0.25, 0.3) is 5.69 Å². The predicted molar refractivity (Wildman–Crippen MR) is 129 cm³/mol. The first-order valence-electron chi connectivity index (χ1n) is 10.6. The van der Waals surface area contributed by atoms with Gasteiger partial charge in [0.05, 0.1) is 24.8 Å². The zero-order valence-corrected chi connectivity index (χ0v) is 20.6. The molecule has 1 atom stereocenters. The number of benzene rings is 2. The number of hydrogen-bond acceptors (Lipinski definition) is 6. The Morgan fingerprint density at radius 2 is 1.51 bits per heavy atom. The van der Waals surface area contributed by atoms with E-state index < -0.39 is 35.2 Å². The molecule has 1 aromatic heterocycles. The van der Waals surface area contributed by atoms with Gasteiger partial charge in [-0.3, -0.25) is 9.69 Å². The first-order chi connectivity index (χ1) is 16.6. The zero-order valence-electron chi connectivity index (χ0n) is 19.1. The second-order valence-electron chi connectivity index (χ2n) is 8.41. The van der Waals surface area contributed by atoms with Crippen LogP contribution in [0.5, 0.6) is 0 Å². The van der Waals surface area contributed by atoms with Gasteiger partial charge in [0.1, 0.15) is 0 Å². The molecule has 0 spiro atoms. The Morgan fingerprint density at radius 3 is 2.06 bits per heavy atom. The van der Waals surface area contributed by atoms with Gasteiger partial charge in [0.25, 0.3) is 0 Å². The smallest absolute Gasteiger partial charge is 0.447 e. The maximum atomic E-state index is 13.6. The molecular weight excluding hydrogens is 499 g/mol. The number of rotatable bonds is 6. The topological polar surface area (TPSA) is 107 Å². The summed E-state index contributed by atoms with van der Waals surface area (Å²) in [5.74, 6) is -1.42. The van der Waals surface area contributed by atoms with Crippen LogP contribution in [0, 0.1) is 0 Å². The molecule has 1 saturated heterocycles. The van der Waals surface area contributed by atoms with Gasteiger partial charge in [-0.15, -0.1) is 4.74 Å². The van der Waals surface area contributed by atoms with E-state index in [-0.39, 0.29) is 18.7 Å². The molecule has 1 aliphatic rings. The lowest BCUT2D eigenvalue weighted by atomic mass is 10.00. The van der Waals surface area contributed by atoms with Crippen LogP contribution in [-0.4, -0.2) is 45.4 Å². The molecule has 12 heteroatoms. The summed E-state index contributed by atoms with van der Waals surface area (Å²) in [6.07, 6.45) is -1.13. The van der Waals surface area contributed by atoms with Crippen LogP contribution in [0.4, 0.5) is 10.5 Å². The van der Waals surface area contributed by atoms with E-state index in [0.29, 0.717) is 15.7 Å². The fourth-order valence-corrected chi connectivity index (χ4v) is 4.42. The second kappa shape index (κ2) is 9.27. The van der Waals surface area contributed by atoms with Crippen LogP contribution in [0.3, 0.4) is 0 Å². The third-order valence-electron chi connectivity index (χ3n) is 5.93. The number of urea groups is 1. The third kappa shape index (κ3) is 4.35. The van der Waals surface area contributed by atoms with Crippen molar-refractivity contribution in [1.82, 2.24) is 14.2 Å². The number of ether oxygens (including phenoxy) is 1. The molecule has 0 bridgehead atoms. The highest BCUT2D eigenvalue weighted by molar-refractivity contribution is 6.30. The van der Waals surface area contributed by atoms with Crippen molar-refractivity contribution in [3.8, 4) is 5.69 Å². The fourth-order valence-electron chi connectivity index (χ4n) is 4.17. The molecule has 2 amide bonds. The van der Waals surface area contributed by atoms with Crippen LogP contribution < -0.4 is 16.3 Å². The normalized spacial score (nSPS) is 17.2. The van der Waals surface area contributed by atoms with Gasteiger partial charge >= 0.3 is 23.4 Å². The summed E-state index contributed by atoms with van der Waals surface area (Å²) in [5.41, 5.74) is -1.19. The first-order valence-corrected chi connectivity index (χ1v) is 11.4. The van der Waals surface area contributed by atoms with Crippen molar-refractivity contribution < 1.29 is 18.8 Å². The number of carbonyl (C=O) groups is 2. The molecule has 0 aliphatic carbocycles. The lowest BCUT2D eigenvalue weighted by molar-refractivity contribution is -0.141. The summed E-state index contributed by atoms with van der Waals surface area (Å²) >= 11 is 12.0. The Bertz CT molecular complexity index is 1370. The molecule has 184 valence electrons. The fraction of sp³-hybridized carbons (Fsp3) is 0.304. The molecule has 10 nitrogen and oxygen atoms in total. The van der Waals surface area contributed by atoms with Crippen molar-refractivity contribution in [1.29, 1.82) is 0 Å². The number of hydrogen-bond donors (Lipinski definition) is 0. The minimum absolute atomic E-state index is 0.0238. The molecular formula is C23H22Cl2N4O6. The second-order valence-corrected chi connectivity index (χ2v) is 9.28. The highest BCUT2D eigenvalue weighted by atomic mass is 35.5. The van der Waals surface area contributed by atoms with Crippen LogP contribution in [0.15, 0.2) is 62.6 Å². The van der Waals surface area contributed by atoms with Crippen LogP contribution in [-0.2, 0) is 9.53 Å². The molecule has 35 heavy (non-hydrogen) atoms. The largest absolute Gasteiger partial charge is 0.469 e. The van der Waals surface area contributed by atoms with Gasteiger partial charge in [-0.05, 0) is 62.4 Å². The SMILES string of the molecule is COC(=O)CCN1C(=O)N(c2ccc(Cl)cc2)[C@@H](n2oc(=O)n(-c3ccc(Cl)cc3)c2=O)C1(C)C. The number of carbonyl (C=O) groups excluding carboxylic acids is 2. The summed E-state index contributed by atoms with van der Waals surface area (Å²) in [7, 11) is 1.26. The Kier molecular flexibility index (Phi) is 6.52. The molecule has 0 saturated carbocycles. The van der Waals surface area contributed by atoms with Crippen LogP contribution in [0.2, 0.25) is 10.0 Å². The van der Waals surface area contributed by atoms with E-state index in [2.05, 4.69) is 0 Å². The van der Waals surface area contributed by atoms with E-state index in [9.17, 15) is 19.2 Å². The summed E-state index contributed by atoms with van der Waals surface area (Å²) in [6, 6.07) is 12.0. The van der Waals surface area contributed by atoms with Gasteiger partial charge in [0.2, 0.25) is 0 Å². The predicted octanol–water partition coefficient (Wildman–Crippen LogP) is 3.68. The van der Waals surface area contributed by atoms with Crippen molar-refractivity contribution in [2.75, 3.05) is 18.6 Å². The Hall–Kier alpha value is -3.50. The van der Waals surface area contributed by atoms with Gasteiger partial charge in [-0.25, -0.2) is 14.4 Å². The van der Waals surface area contributed by atoms with Crippen molar-refractivity contribution in [2.45, 2.75) is 32.0 Å². The Balaban J connectivity index is 1.86. The van der Waals surface area contributed by atoms with Gasteiger partial charge in [0, 0.05) is 22.3 Å². The first kappa shape index (κ1) is 24.6. The zero-order chi connectivity index (χ0) is 25.5. The van der Waals surface area contributed by atoms with Gasteiger partial charge < -0.3 is 14.2 Å². The molecule has 0 radical (unpaired) electrons. The lowest BCUT2D eigenvalue weighted by Crippen LogP contribution is -2.47. The van der Waals surface area contributed by atoms with E-state index in [1.54, 1.807) is 38.1 Å². The van der Waals surface area contributed by atoms with Crippen molar-refractivity contribution in [2.24, 2.45) is 0 Å². The molecule has 3 aromatic rings. The average molecular weight is 521 g/mol. The number of anilines is 1. The van der Waals surface area contributed by atoms with Crippen molar-refractivity contribution in [3.63, 3.8) is 0 Å². The number of esters is 1. The summed E-state index contributed by atoms with van der Waals surface area (Å²) in [6.45, 7) is 3.46. The van der Waals surface area contributed by atoms with E-state index >= 15 is 0 Å². The lowest BCUT2D eigenvalue weighted by Gasteiger charge is -2.33. The van der Waals surface area contributed by atoms with Crippen molar-refractivity contribution in [3.05, 3.63) is 79.6 Å². The minimum Gasteiger partial charge on any atom is -0.469 e. The van der Waals surface area contributed by atoms with Crippen LogP contribution in [0.1, 0.15) is 26.4 Å². The maximum absolute atomic E-state index is 13.6. The monoisotopic (exact) mass is 520 g/mol. The van der Waals surface area contributed by atoms with Gasteiger partial charge in [0.15, 0.2) is 6.17 Å². The number of aromatic nitrogens is 2. The molecule has 2 heterocycles. The standard InChI is InChI=1S/C23H22Cl2N4O6/c1-23(2)19(29-21(32)28(22(33)35-29)17-10-6-15(25)7-11-17)27(16-8-4-14(24)5-9-16)20(31)26(23)13-12-18(30)34-3/h4-11,19H,12-13H2,1-3H3/t19-/m0/s1. The van der Waals surface area contributed by atoms with Crippen LogP contribution >= 0.6 is 23.2 Å². The molecule has 2 aromatic carbocycles. The highest BCUT2D eigenvalue weighted by Gasteiger charge is 2.55. The number of methoxy groups -OCH3 is 1. The number of amides is 2. The summed E-state index contributed by atoms with van der Waals surface area (Å²) < 4.78 is 11.9. The number of halogens is 2. The molecule has 0 N–H and O–H groups in total. The van der Waals surface area contributed by atoms with Gasteiger partial charge in [-0.2, -0.15) is 4.57 Å². The molecule has 1 aliphatic heterocycles. The van der Waals surface area contributed by atoms with E-state index in [0.717, 1.165) is 9.31 Å². The quantitative estimate of drug-likeness (QED) is 0.458. The van der Waals surface area contributed by atoms with E-state index in [1.165, 1.54) is 41.2 Å². The van der Waals surface area contributed by atoms with E-state index in [1.807, 2.05) is 0 Å². The molecule has 0 unspecified atom stereocenters. The maximum Gasteiger partial charge on any atom is 0.447 e. The third-order valence-corrected chi connectivity index (χ3v) is 6.43. The van der Waals surface area contributed by atoms with Gasteiger partial charge in [-0.1, -0.05) is 23.2 Å². The molecule has 1 fully saturated rings. The average Bonchev–Trinajstić information content (AvgIpc) is 3.21. The Labute approximate surface area is 209 Å². The number of nitrogens with zero attached hydrogens (tertiary/aromatic N) is 4. The molecule has 4 rings (SSSR count). The van der Waals surface area contributed by atoms with E-state index in [4.69, 9.17) is 32.5 Å². The Morgan fingerprint density at radius 1 is 0.971 bits per heavy atom.